The summed E-state index contributed by atoms with van der Waals surface area (Å²) in [5.74, 6) is 0. The average Bonchev–Trinajstić information content (AvgIpc) is 1.54. The first-order valence-electron chi connectivity index (χ1n) is 47.6. The fourth-order valence-corrected chi connectivity index (χ4v) is 26.6. The molecule has 0 unspecified atom stereocenters. The van der Waals surface area contributed by atoms with Gasteiger partial charge in [-0.25, -0.2) is 0 Å². The number of hydrogen-bond donors (Lipinski definition) is 0. The molecule has 2 nitrogen and oxygen atoms in total. The van der Waals surface area contributed by atoms with E-state index in [1.54, 1.807) is 0 Å². The lowest BCUT2D eigenvalue weighted by Crippen LogP contribution is -1.94. The molecule has 28 aromatic rings. The van der Waals surface area contributed by atoms with Gasteiger partial charge in [0.05, 0.1) is 0 Å². The van der Waals surface area contributed by atoms with Gasteiger partial charge in [0, 0.05) is 41.7 Å². The highest BCUT2D eigenvalue weighted by molar-refractivity contribution is 7.26. The zero-order valence-corrected chi connectivity index (χ0v) is 75.5. The van der Waals surface area contributed by atoms with Gasteiger partial charge in [0.15, 0.2) is 0 Å². The van der Waals surface area contributed by atoms with Crippen molar-refractivity contribution in [2.24, 2.45) is 0 Å². The van der Waals surface area contributed by atoms with Gasteiger partial charge >= 0.3 is 0 Å². The van der Waals surface area contributed by atoms with Gasteiger partial charge in [-0.1, -0.05) is 376 Å². The van der Waals surface area contributed by atoms with Crippen molar-refractivity contribution in [1.29, 1.82) is 0 Å². The molecule has 3 heterocycles. The van der Waals surface area contributed by atoms with Crippen LogP contribution in [0.3, 0.4) is 0 Å². The van der Waals surface area contributed by atoms with Crippen LogP contribution in [-0.4, -0.2) is 0 Å². The van der Waals surface area contributed by atoms with Gasteiger partial charge < -0.3 is 8.83 Å². The molecule has 0 spiro atoms. The van der Waals surface area contributed by atoms with Crippen LogP contribution in [-0.2, 0) is 0 Å². The normalized spacial score (nSPS) is 12.5. The third-order valence-electron chi connectivity index (χ3n) is 31.0. The molecule has 0 bridgehead atoms. The van der Waals surface area contributed by atoms with E-state index >= 15 is 0 Å². The van der Waals surface area contributed by atoms with Crippen LogP contribution in [0.5, 0.6) is 0 Å². The molecule has 137 heavy (non-hydrogen) atoms. The maximum Gasteiger partial charge on any atom is 0.136 e. The number of thiophene rings is 1. The number of furan rings is 2. The van der Waals surface area contributed by atoms with E-state index < -0.39 is 0 Å². The van der Waals surface area contributed by atoms with Gasteiger partial charge in [-0.05, 0) is 337 Å². The van der Waals surface area contributed by atoms with Crippen molar-refractivity contribution in [3.8, 4) is 167 Å². The van der Waals surface area contributed by atoms with Crippen molar-refractivity contribution in [2.45, 2.75) is 13.8 Å². The molecule has 0 saturated carbocycles. The Bertz CT molecular complexity index is 10300. The first-order chi connectivity index (χ1) is 67.8. The topological polar surface area (TPSA) is 26.3 Å². The second-order valence-electron chi connectivity index (χ2n) is 38.1. The van der Waals surface area contributed by atoms with Gasteiger partial charge in [0.2, 0.25) is 0 Å². The summed E-state index contributed by atoms with van der Waals surface area (Å²) in [5.41, 5.74) is 42.8. The molecule has 0 fully saturated rings. The van der Waals surface area contributed by atoms with Crippen LogP contribution in [0, 0.1) is 13.8 Å². The number of fused-ring (bicyclic) bond motifs is 29. The Morgan fingerprint density at radius 1 is 0.146 bits per heavy atom. The zero-order valence-electron chi connectivity index (χ0n) is 74.6. The molecule has 0 atom stereocenters. The predicted octanol–water partition coefficient (Wildman–Crippen LogP) is 38.8. The summed E-state index contributed by atoms with van der Waals surface area (Å²) in [7, 11) is 0. The molecule has 0 saturated heterocycles. The van der Waals surface area contributed by atoms with E-state index in [2.05, 4.69) is 438 Å². The van der Waals surface area contributed by atoms with Gasteiger partial charge in [0.1, 0.15) is 22.3 Å². The molecule has 0 amide bonds. The fraction of sp³-hybridized carbons (Fsp3) is 0.0149. The van der Waals surface area contributed by atoms with E-state index in [-0.39, 0.29) is 0 Å². The molecule has 0 radical (unpaired) electrons. The largest absolute Gasteiger partial charge is 0.456 e. The molecule has 3 aliphatic rings. The van der Waals surface area contributed by atoms with Crippen LogP contribution >= 0.6 is 11.3 Å². The van der Waals surface area contributed by atoms with Gasteiger partial charge in [-0.15, -0.1) is 11.3 Å². The third-order valence-corrected chi connectivity index (χ3v) is 32.1. The number of benzene rings is 25. The van der Waals surface area contributed by atoms with Crippen LogP contribution < -0.4 is 0 Å². The van der Waals surface area contributed by atoms with Crippen molar-refractivity contribution in [3.05, 3.63) is 436 Å². The van der Waals surface area contributed by atoms with E-state index in [4.69, 9.17) is 8.83 Å². The molecule has 0 N–H and O–H groups in total. The highest BCUT2D eigenvalue weighted by Gasteiger charge is 2.38. The highest BCUT2D eigenvalue weighted by Crippen LogP contribution is 2.65. The summed E-state index contributed by atoms with van der Waals surface area (Å²) in [6.07, 6.45) is 0. The predicted molar refractivity (Wildman–Crippen MR) is 583 cm³/mol. The van der Waals surface area contributed by atoms with E-state index in [1.807, 2.05) is 11.3 Å². The summed E-state index contributed by atoms with van der Waals surface area (Å²) in [4.78, 5) is 0. The standard InChI is InChI=1S/C134H76O2S/c1-73-23-19-24-74(2)114(73)89-61-64-91-88(67-89)63-66-109-126(91)128-100-41-22-43-102-123(100)105(71-111(128)136-109)132-119(96-37-17-13-33-92(96)115(129(102)132)80-26-5-3-6-27-80)84-57-49-77(50-58-84)75-45-53-82(54-46-75)117-95-36-16-18-38-97(95)120(133-106-70-110-127(99-40-21-44-103(122(99)106)130(117)133)125-90-32-12-11-25-79(90)62-65-108(125)135-110)85-59-51-78(52-60-85)76-47-55-83(56-48-76)118-94-35-15-14-34-93(94)116(81-28-7-4-8-29-81)134-107-72-113-124(98-39-20-42-101(121(98)107)131(118)134)104-68-86-30-9-10-31-87(86)69-112(104)137-113/h3-72H,1-2H3. The lowest BCUT2D eigenvalue weighted by molar-refractivity contribution is 0.669. The summed E-state index contributed by atoms with van der Waals surface area (Å²) in [6.45, 7) is 4.44. The Morgan fingerprint density at radius 2 is 0.453 bits per heavy atom. The molecule has 25 aromatic carbocycles. The van der Waals surface area contributed by atoms with Crippen LogP contribution in [0.25, 0.3) is 328 Å². The SMILES string of the molecule is Cc1cccc(C)c1-c1ccc2c(ccc3oc4cc5c6c(cccc6c4c32)-c2c-5c(-c3ccc(-c4ccc(-c5c6c(c(-c7ccc(-c8ccc(-c9c%10c(c(-c%11ccccc%11)c%11ccccc9%11)-c9cc%11sc%12cc%13ccccc%13cc%12c%11c%11cccc-%10c9%11)cc8)cc7)c7ccccc57)-c5cc7oc8ccc9ccccc9c8c7c7cccc-6c57)cc4)cc3)c3ccccc3c2-c2ccccc2)c1. The van der Waals surface area contributed by atoms with Gasteiger partial charge in [-0.3, -0.25) is 0 Å². The Hall–Kier alpha value is -17.3. The Kier molecular flexibility index (Phi) is 15.4. The van der Waals surface area contributed by atoms with Crippen molar-refractivity contribution in [2.75, 3.05) is 0 Å². The Balaban J connectivity index is 0.539. The molecule has 3 heteroatoms. The minimum absolute atomic E-state index is 0.887. The lowest BCUT2D eigenvalue weighted by Gasteiger charge is -2.21. The van der Waals surface area contributed by atoms with E-state index in [0.29, 0.717) is 0 Å². The minimum atomic E-state index is 0.887. The van der Waals surface area contributed by atoms with Crippen molar-refractivity contribution < 1.29 is 8.83 Å². The van der Waals surface area contributed by atoms with Crippen LogP contribution in [0.4, 0.5) is 0 Å². The summed E-state index contributed by atoms with van der Waals surface area (Å²) in [5, 5.41) is 29.5. The minimum Gasteiger partial charge on any atom is -0.456 e. The van der Waals surface area contributed by atoms with Crippen LogP contribution in [0.15, 0.2) is 433 Å². The molecule has 3 aromatic heterocycles. The molecule has 630 valence electrons. The van der Waals surface area contributed by atoms with E-state index in [0.717, 1.165) is 82.8 Å². The van der Waals surface area contributed by atoms with Crippen molar-refractivity contribution in [1.82, 2.24) is 0 Å². The highest BCUT2D eigenvalue weighted by atomic mass is 32.1. The van der Waals surface area contributed by atoms with Crippen molar-refractivity contribution >= 4 is 172 Å². The molecule has 0 aliphatic heterocycles. The van der Waals surface area contributed by atoms with Crippen LogP contribution in [0.2, 0.25) is 0 Å². The fourth-order valence-electron chi connectivity index (χ4n) is 25.4. The van der Waals surface area contributed by atoms with Gasteiger partial charge in [-0.2, -0.15) is 0 Å². The van der Waals surface area contributed by atoms with E-state index in [9.17, 15) is 0 Å². The zero-order chi connectivity index (χ0) is 89.4. The molecular weight excluding hydrogens is 1670 g/mol. The second kappa shape index (κ2) is 28.1. The quantitative estimate of drug-likeness (QED) is 0.144. The first-order valence-corrected chi connectivity index (χ1v) is 48.5. The number of hydrogen-bond acceptors (Lipinski definition) is 3. The van der Waals surface area contributed by atoms with E-state index in [1.165, 1.54) is 256 Å². The maximum atomic E-state index is 7.16. The average molecular weight is 1750 g/mol. The summed E-state index contributed by atoms with van der Waals surface area (Å²) >= 11 is 1.92. The van der Waals surface area contributed by atoms with Crippen LogP contribution in [0.1, 0.15) is 11.1 Å². The first kappa shape index (κ1) is 75.2. The third kappa shape index (κ3) is 10.5. The van der Waals surface area contributed by atoms with Gasteiger partial charge in [0.25, 0.3) is 0 Å². The monoisotopic (exact) mass is 1750 g/mol. The Labute approximate surface area is 791 Å². The molecule has 3 aliphatic carbocycles. The number of rotatable bonds is 9. The summed E-state index contributed by atoms with van der Waals surface area (Å²) < 4.78 is 16.9. The maximum absolute atomic E-state index is 7.16. The Morgan fingerprint density at radius 3 is 0.876 bits per heavy atom. The lowest BCUT2D eigenvalue weighted by atomic mass is 9.82. The van der Waals surface area contributed by atoms with Crippen molar-refractivity contribution in [3.63, 3.8) is 0 Å². The second-order valence-corrected chi connectivity index (χ2v) is 39.1. The smallest absolute Gasteiger partial charge is 0.136 e. The number of aryl methyl sites for hydroxylation is 2. The molecular formula is C134H76O2S. The summed E-state index contributed by atoms with van der Waals surface area (Å²) in [6, 6.07) is 161. The molecule has 31 rings (SSSR count).